The van der Waals surface area contributed by atoms with Crippen molar-refractivity contribution in [1.82, 2.24) is 10.6 Å². The molecule has 1 aliphatic rings. The summed E-state index contributed by atoms with van der Waals surface area (Å²) in [4.78, 5) is 15.6. The van der Waals surface area contributed by atoms with Crippen molar-refractivity contribution in [2.24, 2.45) is 22.1 Å². The lowest BCUT2D eigenvalue weighted by molar-refractivity contribution is -0.0835. The van der Waals surface area contributed by atoms with Crippen molar-refractivity contribution in [1.29, 1.82) is 0 Å². The fourth-order valence-electron chi connectivity index (χ4n) is 3.48. The monoisotopic (exact) mass is 488 g/mol. The molecule has 1 aromatic carbocycles. The molecule has 0 bridgehead atoms. The third-order valence-corrected chi connectivity index (χ3v) is 4.73. The highest BCUT2D eigenvalue weighted by Gasteiger charge is 2.35. The zero-order chi connectivity index (χ0) is 19.2. The number of hydrogen-bond donors (Lipinski definition) is 3. The van der Waals surface area contributed by atoms with E-state index in [1.165, 1.54) is 0 Å². The first-order valence-electron chi connectivity index (χ1n) is 9.26. The van der Waals surface area contributed by atoms with Crippen LogP contribution in [-0.4, -0.2) is 38.2 Å². The van der Waals surface area contributed by atoms with Gasteiger partial charge in [-0.2, -0.15) is 0 Å². The summed E-state index contributed by atoms with van der Waals surface area (Å²) in [7, 11) is 1.76. The van der Waals surface area contributed by atoms with Crippen LogP contribution in [-0.2, 0) is 11.3 Å². The fraction of sp³-hybridized carbons (Fsp3) is 0.600. The first kappa shape index (κ1) is 23.7. The summed E-state index contributed by atoms with van der Waals surface area (Å²) >= 11 is 0. The molecule has 6 nitrogen and oxygen atoms in total. The lowest BCUT2D eigenvalue weighted by Gasteiger charge is -2.40. The van der Waals surface area contributed by atoms with Gasteiger partial charge in [0.2, 0.25) is 5.91 Å². The molecule has 1 fully saturated rings. The third kappa shape index (κ3) is 7.29. The van der Waals surface area contributed by atoms with Gasteiger partial charge in [0.25, 0.3) is 0 Å². The van der Waals surface area contributed by atoms with E-state index in [0.717, 1.165) is 37.5 Å². The van der Waals surface area contributed by atoms with E-state index < -0.39 is 5.91 Å². The maximum atomic E-state index is 11.3. The largest absolute Gasteiger partial charge is 0.377 e. The van der Waals surface area contributed by atoms with Crippen molar-refractivity contribution in [3.63, 3.8) is 0 Å². The lowest BCUT2D eigenvalue weighted by Crippen LogP contribution is -2.47. The molecular weight excluding hydrogens is 455 g/mol. The molecule has 7 heteroatoms. The minimum atomic E-state index is -0.417. The Labute approximate surface area is 179 Å². The Balaban J connectivity index is 0.00000364. The number of nitrogens with one attached hydrogen (secondary N) is 2. The molecule has 27 heavy (non-hydrogen) atoms. The highest BCUT2D eigenvalue weighted by atomic mass is 127. The summed E-state index contributed by atoms with van der Waals surface area (Å²) in [6, 6.07) is 7.31. The molecule has 1 amide bonds. The predicted octanol–water partition coefficient (Wildman–Crippen LogP) is 2.91. The van der Waals surface area contributed by atoms with Crippen LogP contribution >= 0.6 is 24.0 Å². The van der Waals surface area contributed by atoms with Crippen LogP contribution in [0.25, 0.3) is 0 Å². The Hall–Kier alpha value is -1.35. The molecule has 0 aromatic heterocycles. The minimum Gasteiger partial charge on any atom is -0.377 e. The van der Waals surface area contributed by atoms with Gasteiger partial charge < -0.3 is 21.1 Å². The molecule has 2 atom stereocenters. The number of aliphatic imine (C=N–C) groups is 1. The Morgan fingerprint density at radius 3 is 2.70 bits per heavy atom. The summed E-state index contributed by atoms with van der Waals surface area (Å²) in [5.74, 6) is 0.785. The summed E-state index contributed by atoms with van der Waals surface area (Å²) in [5.41, 5.74) is 6.96. The molecule has 1 aliphatic heterocycles. The number of amides is 1. The van der Waals surface area contributed by atoms with Gasteiger partial charge in [-0.3, -0.25) is 9.79 Å². The summed E-state index contributed by atoms with van der Waals surface area (Å²) in [6.07, 6.45) is 2.51. The van der Waals surface area contributed by atoms with E-state index in [4.69, 9.17) is 10.5 Å². The second-order valence-corrected chi connectivity index (χ2v) is 7.93. The summed E-state index contributed by atoms with van der Waals surface area (Å²) in [5, 5.41) is 6.71. The number of guanidine groups is 1. The number of ether oxygens (including phenoxy) is 1. The number of carbonyl (C=O) groups is 1. The molecule has 0 saturated carbocycles. The van der Waals surface area contributed by atoms with E-state index in [1.807, 2.05) is 12.1 Å². The van der Waals surface area contributed by atoms with Gasteiger partial charge in [-0.1, -0.05) is 32.9 Å². The average Bonchev–Trinajstić information content (AvgIpc) is 2.61. The van der Waals surface area contributed by atoms with Crippen LogP contribution in [0.15, 0.2) is 29.3 Å². The summed E-state index contributed by atoms with van der Waals surface area (Å²) < 4.78 is 6.04. The van der Waals surface area contributed by atoms with Crippen LogP contribution in [0, 0.1) is 11.3 Å². The Kier molecular flexibility index (Phi) is 9.52. The smallest absolute Gasteiger partial charge is 0.248 e. The number of primary amides is 1. The van der Waals surface area contributed by atoms with Crippen LogP contribution in [0.3, 0.4) is 0 Å². The Bertz CT molecular complexity index is 643. The van der Waals surface area contributed by atoms with Crippen LogP contribution < -0.4 is 16.4 Å². The Morgan fingerprint density at radius 2 is 2.07 bits per heavy atom. The van der Waals surface area contributed by atoms with E-state index >= 15 is 0 Å². The topological polar surface area (TPSA) is 88.7 Å². The van der Waals surface area contributed by atoms with Crippen molar-refractivity contribution in [3.8, 4) is 0 Å². The molecule has 1 saturated heterocycles. The van der Waals surface area contributed by atoms with Gasteiger partial charge in [-0.05, 0) is 36.0 Å². The summed E-state index contributed by atoms with van der Waals surface area (Å²) in [6.45, 7) is 8.94. The highest BCUT2D eigenvalue weighted by molar-refractivity contribution is 14.0. The van der Waals surface area contributed by atoms with Gasteiger partial charge in [0.1, 0.15) is 0 Å². The minimum absolute atomic E-state index is 0. The number of benzene rings is 1. The number of rotatable bonds is 5. The van der Waals surface area contributed by atoms with Crippen molar-refractivity contribution < 1.29 is 9.53 Å². The quantitative estimate of drug-likeness (QED) is 0.338. The molecule has 0 radical (unpaired) electrons. The average molecular weight is 488 g/mol. The van der Waals surface area contributed by atoms with Gasteiger partial charge in [-0.25, -0.2) is 0 Å². The van der Waals surface area contributed by atoms with Crippen molar-refractivity contribution >= 4 is 35.8 Å². The first-order chi connectivity index (χ1) is 12.3. The normalized spacial score (nSPS) is 20.5. The van der Waals surface area contributed by atoms with E-state index in [0.29, 0.717) is 18.0 Å². The van der Waals surface area contributed by atoms with E-state index in [2.05, 4.69) is 36.4 Å². The van der Waals surface area contributed by atoms with E-state index in [1.54, 1.807) is 19.2 Å². The molecule has 2 unspecified atom stereocenters. The highest BCUT2D eigenvalue weighted by Crippen LogP contribution is 2.33. The van der Waals surface area contributed by atoms with E-state index in [9.17, 15) is 4.79 Å². The molecule has 152 valence electrons. The number of nitrogens with two attached hydrogens (primary N) is 1. The van der Waals surface area contributed by atoms with Gasteiger partial charge in [0.15, 0.2) is 5.96 Å². The first-order valence-corrected chi connectivity index (χ1v) is 9.26. The number of halogens is 1. The van der Waals surface area contributed by atoms with Crippen LogP contribution in [0.1, 0.15) is 49.5 Å². The molecule has 4 N–H and O–H groups in total. The molecule has 1 aromatic rings. The number of carbonyl (C=O) groups excluding carboxylic acids is 1. The van der Waals surface area contributed by atoms with Crippen molar-refractivity contribution in [3.05, 3.63) is 35.4 Å². The second-order valence-electron chi connectivity index (χ2n) is 7.93. The van der Waals surface area contributed by atoms with Crippen LogP contribution in [0.2, 0.25) is 0 Å². The SMILES string of the molecule is CN=C(NCc1cccc(C(N)=O)c1)NCC1CCCOC1C(C)(C)C.I. The Morgan fingerprint density at radius 1 is 1.33 bits per heavy atom. The van der Waals surface area contributed by atoms with Crippen molar-refractivity contribution in [2.75, 3.05) is 20.2 Å². The van der Waals surface area contributed by atoms with Gasteiger partial charge in [-0.15, -0.1) is 24.0 Å². The molecule has 2 rings (SSSR count). The standard InChI is InChI=1S/C20H32N4O2.HI/c1-20(2,3)17-16(9-6-10-26-17)13-24-19(22-4)23-12-14-7-5-8-15(11-14)18(21)25;/h5,7-8,11,16-17H,6,9-10,12-13H2,1-4H3,(H2,21,25)(H2,22,23,24);1H. The second kappa shape index (κ2) is 10.8. The molecule has 0 spiro atoms. The zero-order valence-electron chi connectivity index (χ0n) is 16.7. The predicted molar refractivity (Wildman–Crippen MR) is 120 cm³/mol. The van der Waals surface area contributed by atoms with Crippen LogP contribution in [0.4, 0.5) is 0 Å². The zero-order valence-corrected chi connectivity index (χ0v) is 19.1. The van der Waals surface area contributed by atoms with Gasteiger partial charge in [0, 0.05) is 38.2 Å². The van der Waals surface area contributed by atoms with Gasteiger partial charge >= 0.3 is 0 Å². The maximum absolute atomic E-state index is 11.3. The van der Waals surface area contributed by atoms with Gasteiger partial charge in [0.05, 0.1) is 6.10 Å². The molecule has 0 aliphatic carbocycles. The lowest BCUT2D eigenvalue weighted by atomic mass is 9.78. The van der Waals surface area contributed by atoms with Crippen LogP contribution in [0.5, 0.6) is 0 Å². The number of hydrogen-bond acceptors (Lipinski definition) is 3. The molecular formula is C20H33IN4O2. The maximum Gasteiger partial charge on any atom is 0.248 e. The third-order valence-electron chi connectivity index (χ3n) is 4.73. The molecule has 1 heterocycles. The van der Waals surface area contributed by atoms with Crippen molar-refractivity contribution in [2.45, 2.75) is 46.3 Å². The van der Waals surface area contributed by atoms with E-state index in [-0.39, 0.29) is 35.5 Å². The fourth-order valence-corrected chi connectivity index (χ4v) is 3.48. The number of nitrogens with zero attached hydrogens (tertiary/aromatic N) is 1.